The Hall–Kier alpha value is -0.440. The van der Waals surface area contributed by atoms with Gasteiger partial charge in [0.1, 0.15) is 0 Å². The first-order valence-electron chi connectivity index (χ1n) is 5.99. The Labute approximate surface area is 132 Å². The first-order chi connectivity index (χ1) is 9.13. The molecule has 1 fully saturated rings. The molecule has 1 unspecified atom stereocenters. The normalized spacial score (nSPS) is 19.9. The van der Waals surface area contributed by atoms with Crippen molar-refractivity contribution in [3.05, 3.63) is 13.6 Å². The van der Waals surface area contributed by atoms with Gasteiger partial charge in [-0.25, -0.2) is 0 Å². The number of nitrogens with one attached hydrogen (secondary N) is 2. The monoisotopic (exact) mass is 405 g/mol. The van der Waals surface area contributed by atoms with E-state index in [0.29, 0.717) is 6.04 Å². The van der Waals surface area contributed by atoms with Crippen molar-refractivity contribution in [2.45, 2.75) is 13.0 Å². The Balaban J connectivity index is 1.85. The van der Waals surface area contributed by atoms with Crippen LogP contribution in [-0.4, -0.2) is 40.9 Å². The summed E-state index contributed by atoms with van der Waals surface area (Å²) in [5.74, 6) is 1.58. The first kappa shape index (κ1) is 13.5. The molecule has 3 heterocycles. The van der Waals surface area contributed by atoms with Crippen LogP contribution in [0.5, 0.6) is 0 Å². The van der Waals surface area contributed by atoms with Crippen LogP contribution in [0.1, 0.15) is 6.92 Å². The topological polar surface area (TPSA) is 56.8 Å². The van der Waals surface area contributed by atoms with Crippen LogP contribution in [0, 0.1) is 0 Å². The molecule has 0 aromatic carbocycles. The third-order valence-corrected chi connectivity index (χ3v) is 5.38. The number of hydrogen-bond donors (Lipinski definition) is 2. The molecule has 102 valence electrons. The highest BCUT2D eigenvalue weighted by Gasteiger charge is 2.20. The SMILES string of the molecule is CC1CN(c2n[nH]c(-c3cc(Br)sc3Br)n2)CCN1. The number of anilines is 1. The van der Waals surface area contributed by atoms with Gasteiger partial charge in [0.15, 0.2) is 5.82 Å². The van der Waals surface area contributed by atoms with Gasteiger partial charge in [0.25, 0.3) is 0 Å². The van der Waals surface area contributed by atoms with Crippen molar-refractivity contribution in [3.8, 4) is 11.4 Å². The standard InChI is InChI=1S/C11H13Br2N5S/c1-6-5-18(3-2-14-6)11-15-10(16-17-11)7-4-8(12)19-9(7)13/h4,6,14H,2-3,5H2,1H3,(H,15,16,17). The summed E-state index contributed by atoms with van der Waals surface area (Å²) in [5, 5.41) is 10.8. The molecule has 0 radical (unpaired) electrons. The summed E-state index contributed by atoms with van der Waals surface area (Å²) >= 11 is 8.66. The lowest BCUT2D eigenvalue weighted by molar-refractivity contribution is 0.480. The summed E-state index contributed by atoms with van der Waals surface area (Å²) in [4.78, 5) is 6.80. The zero-order chi connectivity index (χ0) is 13.4. The molecule has 2 N–H and O–H groups in total. The third kappa shape index (κ3) is 2.86. The number of halogens is 2. The quantitative estimate of drug-likeness (QED) is 0.804. The molecule has 2 aromatic rings. The van der Waals surface area contributed by atoms with Crippen LogP contribution in [0.25, 0.3) is 11.4 Å². The zero-order valence-corrected chi connectivity index (χ0v) is 14.3. The van der Waals surface area contributed by atoms with Gasteiger partial charge in [0.05, 0.1) is 7.57 Å². The Morgan fingerprint density at radius 2 is 2.32 bits per heavy atom. The number of H-pyrrole nitrogens is 1. The zero-order valence-electron chi connectivity index (χ0n) is 10.3. The van der Waals surface area contributed by atoms with Crippen molar-refractivity contribution in [1.82, 2.24) is 20.5 Å². The van der Waals surface area contributed by atoms with Crippen LogP contribution in [0.3, 0.4) is 0 Å². The average Bonchev–Trinajstić information content (AvgIpc) is 2.96. The minimum absolute atomic E-state index is 0.470. The lowest BCUT2D eigenvalue weighted by atomic mass is 10.2. The Morgan fingerprint density at radius 3 is 3.00 bits per heavy atom. The Morgan fingerprint density at radius 1 is 1.47 bits per heavy atom. The average molecular weight is 407 g/mol. The van der Waals surface area contributed by atoms with E-state index < -0.39 is 0 Å². The van der Waals surface area contributed by atoms with Gasteiger partial charge in [-0.2, -0.15) is 4.98 Å². The fraction of sp³-hybridized carbons (Fsp3) is 0.455. The molecule has 3 rings (SSSR count). The van der Waals surface area contributed by atoms with E-state index in [0.717, 1.165) is 44.5 Å². The second kappa shape index (κ2) is 5.51. The predicted molar refractivity (Wildman–Crippen MR) is 84.8 cm³/mol. The number of hydrogen-bond acceptors (Lipinski definition) is 5. The van der Waals surface area contributed by atoms with E-state index in [1.54, 1.807) is 11.3 Å². The van der Waals surface area contributed by atoms with E-state index in [-0.39, 0.29) is 0 Å². The van der Waals surface area contributed by atoms with E-state index in [2.05, 4.69) is 64.2 Å². The van der Waals surface area contributed by atoms with Crippen LogP contribution < -0.4 is 10.2 Å². The summed E-state index contributed by atoms with van der Waals surface area (Å²) in [6, 6.07) is 2.51. The maximum atomic E-state index is 4.60. The highest BCUT2D eigenvalue weighted by Crippen LogP contribution is 2.37. The lowest BCUT2D eigenvalue weighted by Gasteiger charge is -2.30. The van der Waals surface area contributed by atoms with Crippen molar-refractivity contribution >= 4 is 49.1 Å². The van der Waals surface area contributed by atoms with Gasteiger partial charge in [-0.3, -0.25) is 5.10 Å². The van der Waals surface area contributed by atoms with Gasteiger partial charge in [0, 0.05) is 31.2 Å². The number of aromatic nitrogens is 3. The van der Waals surface area contributed by atoms with E-state index in [9.17, 15) is 0 Å². The van der Waals surface area contributed by atoms with E-state index in [1.165, 1.54) is 0 Å². The van der Waals surface area contributed by atoms with Crippen molar-refractivity contribution < 1.29 is 0 Å². The summed E-state index contributed by atoms with van der Waals surface area (Å²) < 4.78 is 2.12. The Bertz CT molecular complexity index is 581. The number of aromatic amines is 1. The molecule has 0 aliphatic carbocycles. The molecule has 1 atom stereocenters. The van der Waals surface area contributed by atoms with Crippen LogP contribution in [-0.2, 0) is 0 Å². The molecule has 2 aromatic heterocycles. The van der Waals surface area contributed by atoms with Gasteiger partial charge < -0.3 is 10.2 Å². The maximum Gasteiger partial charge on any atom is 0.245 e. The van der Waals surface area contributed by atoms with Crippen LogP contribution in [0.15, 0.2) is 13.6 Å². The molecule has 1 saturated heterocycles. The van der Waals surface area contributed by atoms with Gasteiger partial charge in [-0.05, 0) is 44.8 Å². The summed E-state index contributed by atoms with van der Waals surface area (Å²) in [6.45, 7) is 5.02. The second-order valence-electron chi connectivity index (χ2n) is 4.52. The number of piperazine rings is 1. The van der Waals surface area contributed by atoms with Crippen molar-refractivity contribution in [2.75, 3.05) is 24.5 Å². The van der Waals surface area contributed by atoms with Crippen molar-refractivity contribution in [3.63, 3.8) is 0 Å². The minimum atomic E-state index is 0.470. The predicted octanol–water partition coefficient (Wildman–Crippen LogP) is 2.86. The molecule has 0 saturated carbocycles. The summed E-state index contributed by atoms with van der Waals surface area (Å²) in [6.07, 6.45) is 0. The minimum Gasteiger partial charge on any atom is -0.337 e. The van der Waals surface area contributed by atoms with Gasteiger partial charge in [-0.1, -0.05) is 0 Å². The molecule has 0 amide bonds. The molecule has 8 heteroatoms. The summed E-state index contributed by atoms with van der Waals surface area (Å²) in [5.41, 5.74) is 1.04. The Kier molecular flexibility index (Phi) is 3.93. The van der Waals surface area contributed by atoms with Crippen molar-refractivity contribution in [2.24, 2.45) is 0 Å². The van der Waals surface area contributed by atoms with E-state index >= 15 is 0 Å². The van der Waals surface area contributed by atoms with Crippen LogP contribution in [0.4, 0.5) is 5.95 Å². The second-order valence-corrected chi connectivity index (χ2v) is 8.27. The highest BCUT2D eigenvalue weighted by atomic mass is 79.9. The number of nitrogens with zero attached hydrogens (tertiary/aromatic N) is 3. The molecule has 5 nitrogen and oxygen atoms in total. The first-order valence-corrected chi connectivity index (χ1v) is 8.39. The van der Waals surface area contributed by atoms with E-state index in [1.807, 2.05) is 6.07 Å². The van der Waals surface area contributed by atoms with E-state index in [4.69, 9.17) is 0 Å². The number of rotatable bonds is 2. The molecule has 0 bridgehead atoms. The van der Waals surface area contributed by atoms with Crippen LogP contribution in [0.2, 0.25) is 0 Å². The lowest BCUT2D eigenvalue weighted by Crippen LogP contribution is -2.49. The largest absolute Gasteiger partial charge is 0.337 e. The van der Waals surface area contributed by atoms with Gasteiger partial charge in [0.2, 0.25) is 5.95 Å². The third-order valence-electron chi connectivity index (χ3n) is 3.04. The fourth-order valence-corrected chi connectivity index (χ4v) is 4.94. The summed E-state index contributed by atoms with van der Waals surface area (Å²) in [7, 11) is 0. The molecular formula is C11H13Br2N5S. The molecule has 1 aliphatic rings. The maximum absolute atomic E-state index is 4.60. The van der Waals surface area contributed by atoms with Crippen LogP contribution >= 0.6 is 43.2 Å². The van der Waals surface area contributed by atoms with Crippen molar-refractivity contribution in [1.29, 1.82) is 0 Å². The number of thiophene rings is 1. The highest BCUT2D eigenvalue weighted by molar-refractivity contribution is 9.12. The van der Waals surface area contributed by atoms with Gasteiger partial charge >= 0.3 is 0 Å². The smallest absolute Gasteiger partial charge is 0.245 e. The fourth-order valence-electron chi connectivity index (χ4n) is 2.13. The van der Waals surface area contributed by atoms with Gasteiger partial charge in [-0.15, -0.1) is 16.4 Å². The molecule has 1 aliphatic heterocycles. The molecule has 0 spiro atoms. The molecular weight excluding hydrogens is 394 g/mol. The molecule has 19 heavy (non-hydrogen) atoms.